The van der Waals surface area contributed by atoms with Crippen molar-refractivity contribution in [3.05, 3.63) is 89.5 Å². The molecule has 3 aromatic carbocycles. The normalized spacial score (nSPS) is 11.8. The third kappa shape index (κ3) is 27.1. The molecule has 320 valence electrons. The van der Waals surface area contributed by atoms with Gasteiger partial charge in [-0.15, -0.1) is 0 Å². The molecule has 0 saturated heterocycles. The Morgan fingerprint density at radius 1 is 0.491 bits per heavy atom. The number of carbonyl (C=O) groups is 2. The van der Waals surface area contributed by atoms with Gasteiger partial charge in [0.2, 0.25) is 0 Å². The first-order chi connectivity index (χ1) is 26.2. The van der Waals surface area contributed by atoms with E-state index in [1.54, 1.807) is 0 Å². The largest absolute Gasteiger partial charge is 0.460 e. The van der Waals surface area contributed by atoms with Gasteiger partial charge in [-0.3, -0.25) is 4.79 Å². The van der Waals surface area contributed by atoms with Crippen molar-refractivity contribution < 1.29 is 19.1 Å². The molecule has 0 aromatic heterocycles. The molecule has 0 spiro atoms. The lowest BCUT2D eigenvalue weighted by Gasteiger charge is -2.20. The van der Waals surface area contributed by atoms with E-state index in [-0.39, 0.29) is 17.5 Å². The average Bonchev–Trinajstić information content (AvgIpc) is 3.09. The summed E-state index contributed by atoms with van der Waals surface area (Å²) < 4.78 is 10.4. The van der Waals surface area contributed by atoms with E-state index in [0.29, 0.717) is 42.4 Å². The molecule has 4 N–H and O–H groups in total. The summed E-state index contributed by atoms with van der Waals surface area (Å²) in [6, 6.07) is 24.8. The summed E-state index contributed by atoms with van der Waals surface area (Å²) in [5.74, 6) is 0.865. The first-order valence-corrected chi connectivity index (χ1v) is 20.8. The second-order valence-corrected chi connectivity index (χ2v) is 20.6. The van der Waals surface area contributed by atoms with E-state index in [1.807, 2.05) is 83.1 Å². The Kier molecular flexibility index (Phi) is 21.3. The van der Waals surface area contributed by atoms with E-state index in [2.05, 4.69) is 122 Å². The van der Waals surface area contributed by atoms with Crippen LogP contribution in [0.15, 0.2) is 72.8 Å². The van der Waals surface area contributed by atoms with Crippen molar-refractivity contribution in [2.24, 2.45) is 33.5 Å². The minimum atomic E-state index is -0.450. The van der Waals surface area contributed by atoms with Gasteiger partial charge in [0.15, 0.2) is 0 Å². The highest BCUT2D eigenvalue weighted by atomic mass is 16.5. The lowest BCUT2D eigenvalue weighted by Crippen LogP contribution is -2.27. The molecule has 0 unspecified atom stereocenters. The van der Waals surface area contributed by atoms with Crippen LogP contribution in [0.2, 0.25) is 0 Å². The van der Waals surface area contributed by atoms with E-state index in [0.717, 1.165) is 48.6 Å². The lowest BCUT2D eigenvalue weighted by molar-refractivity contribution is -0.154. The Balaban J connectivity index is 0.000000429. The number of anilines is 3. The van der Waals surface area contributed by atoms with Crippen LogP contribution in [0.1, 0.15) is 127 Å². The third-order valence-corrected chi connectivity index (χ3v) is 7.96. The predicted molar refractivity (Wildman–Crippen MR) is 244 cm³/mol. The van der Waals surface area contributed by atoms with E-state index in [4.69, 9.17) is 9.47 Å². The van der Waals surface area contributed by atoms with Gasteiger partial charge in [0, 0.05) is 43.2 Å². The standard InChI is InChI=1S/C17H27NO2.C16H26N2O2.C16H27N/c1-16(2,3)12-18-14-9-7-13(8-10-14)11-20-15(19)17(4,5)6;1-12(2)9-17-15-7-5-14(6-8-15)11-20-16(19)18-10-13(3)4;1-15(2,3)11-13-7-9-14(10-8-13)17-12-16(4,5)6/h7-10,18H,11-12H2,1-6H3;5-8,12-13,17H,9-11H2,1-4H3,(H,18,19);7-10,17H,11-12H2,1-6H3. The zero-order valence-corrected chi connectivity index (χ0v) is 38.7. The molecule has 3 aromatic rings. The Hall–Kier alpha value is -4.20. The van der Waals surface area contributed by atoms with Gasteiger partial charge in [-0.05, 0) is 108 Å². The van der Waals surface area contributed by atoms with Gasteiger partial charge in [0.25, 0.3) is 0 Å². The summed E-state index contributed by atoms with van der Waals surface area (Å²) in [6.07, 6.45) is 0.771. The number of amides is 1. The smallest absolute Gasteiger partial charge is 0.407 e. The monoisotopic (exact) mass is 789 g/mol. The number of benzene rings is 3. The molecular formula is C49H80N4O4. The molecule has 0 radical (unpaired) electrons. The third-order valence-electron chi connectivity index (χ3n) is 7.96. The maximum absolute atomic E-state index is 11.7. The number of nitrogens with one attached hydrogen (secondary N) is 4. The summed E-state index contributed by atoms with van der Waals surface area (Å²) in [7, 11) is 0. The summed E-state index contributed by atoms with van der Waals surface area (Å²) >= 11 is 0. The summed E-state index contributed by atoms with van der Waals surface area (Å²) in [5, 5.41) is 12.9. The second-order valence-electron chi connectivity index (χ2n) is 20.6. The number of carbonyl (C=O) groups excluding carboxylic acids is 2. The molecule has 1 amide bonds. The SMILES string of the molecule is CC(C)(C)CNc1ccc(CC(C)(C)C)cc1.CC(C)(C)CNc1ccc(COC(=O)C(C)(C)C)cc1.CC(C)CNC(=O)OCc1ccc(NCC(C)C)cc1. The van der Waals surface area contributed by atoms with Gasteiger partial charge in [-0.1, -0.05) is 126 Å². The lowest BCUT2D eigenvalue weighted by atomic mass is 9.88. The zero-order valence-electron chi connectivity index (χ0n) is 38.7. The fourth-order valence-electron chi connectivity index (χ4n) is 4.70. The minimum absolute atomic E-state index is 0.174. The van der Waals surface area contributed by atoms with Crippen LogP contribution in [0, 0.1) is 33.5 Å². The van der Waals surface area contributed by atoms with Gasteiger partial charge < -0.3 is 30.7 Å². The van der Waals surface area contributed by atoms with E-state index >= 15 is 0 Å². The van der Waals surface area contributed by atoms with Crippen molar-refractivity contribution in [2.45, 2.75) is 130 Å². The first-order valence-electron chi connectivity index (χ1n) is 20.8. The van der Waals surface area contributed by atoms with Gasteiger partial charge in [-0.25, -0.2) is 4.79 Å². The van der Waals surface area contributed by atoms with Crippen LogP contribution in [0.4, 0.5) is 21.9 Å². The van der Waals surface area contributed by atoms with Crippen LogP contribution < -0.4 is 21.3 Å². The van der Waals surface area contributed by atoms with Crippen molar-refractivity contribution in [2.75, 3.05) is 42.1 Å². The molecule has 57 heavy (non-hydrogen) atoms. The van der Waals surface area contributed by atoms with E-state index in [1.165, 1.54) is 11.3 Å². The van der Waals surface area contributed by atoms with Crippen LogP contribution >= 0.6 is 0 Å². The van der Waals surface area contributed by atoms with Crippen molar-refractivity contribution in [1.29, 1.82) is 0 Å². The highest BCUT2D eigenvalue weighted by molar-refractivity contribution is 5.75. The average molecular weight is 789 g/mol. The van der Waals surface area contributed by atoms with Gasteiger partial charge in [0.1, 0.15) is 13.2 Å². The Morgan fingerprint density at radius 2 is 0.860 bits per heavy atom. The maximum atomic E-state index is 11.7. The number of hydrogen-bond acceptors (Lipinski definition) is 7. The van der Waals surface area contributed by atoms with Crippen LogP contribution in [-0.4, -0.2) is 38.2 Å². The van der Waals surface area contributed by atoms with Gasteiger partial charge in [-0.2, -0.15) is 0 Å². The summed E-state index contributed by atoms with van der Waals surface area (Å²) in [6.45, 7) is 38.3. The molecule has 0 fully saturated rings. The Morgan fingerprint density at radius 3 is 1.21 bits per heavy atom. The molecule has 3 rings (SSSR count). The van der Waals surface area contributed by atoms with Crippen LogP contribution in [0.25, 0.3) is 0 Å². The van der Waals surface area contributed by atoms with E-state index < -0.39 is 5.41 Å². The molecular weight excluding hydrogens is 709 g/mol. The molecule has 0 bridgehead atoms. The predicted octanol–water partition coefficient (Wildman–Crippen LogP) is 12.6. The van der Waals surface area contributed by atoms with E-state index in [9.17, 15) is 9.59 Å². The van der Waals surface area contributed by atoms with Crippen LogP contribution in [0.5, 0.6) is 0 Å². The number of rotatable bonds is 14. The van der Waals surface area contributed by atoms with Gasteiger partial charge >= 0.3 is 12.1 Å². The van der Waals surface area contributed by atoms with Gasteiger partial charge in [0.05, 0.1) is 5.41 Å². The van der Waals surface area contributed by atoms with Crippen molar-refractivity contribution in [3.8, 4) is 0 Å². The zero-order chi connectivity index (χ0) is 43.5. The number of alkyl carbamates (subject to hydrolysis) is 1. The van der Waals surface area contributed by atoms with Crippen molar-refractivity contribution in [1.82, 2.24) is 5.32 Å². The topological polar surface area (TPSA) is 101 Å². The quantitative estimate of drug-likeness (QED) is 0.121. The fourth-order valence-corrected chi connectivity index (χ4v) is 4.70. The molecule has 0 aliphatic heterocycles. The minimum Gasteiger partial charge on any atom is -0.460 e. The number of ether oxygens (including phenoxy) is 2. The molecule has 0 aliphatic carbocycles. The number of esters is 1. The molecule has 0 atom stereocenters. The molecule has 0 aliphatic rings. The highest BCUT2D eigenvalue weighted by Crippen LogP contribution is 2.23. The molecule has 8 nitrogen and oxygen atoms in total. The van der Waals surface area contributed by atoms with Crippen LogP contribution in [0.3, 0.4) is 0 Å². The molecule has 0 saturated carbocycles. The van der Waals surface area contributed by atoms with Crippen molar-refractivity contribution >= 4 is 29.1 Å². The fraction of sp³-hybridized carbons (Fsp3) is 0.592. The Labute approximate surface area is 348 Å². The first kappa shape index (κ1) is 50.8. The second kappa shape index (κ2) is 23.9. The number of hydrogen-bond donors (Lipinski definition) is 4. The Bertz CT molecular complexity index is 1550. The summed E-state index contributed by atoms with van der Waals surface area (Å²) in [5.41, 5.74) is 7.29. The molecule has 0 heterocycles. The highest BCUT2D eigenvalue weighted by Gasteiger charge is 2.23. The van der Waals surface area contributed by atoms with Crippen LogP contribution in [-0.2, 0) is 33.9 Å². The van der Waals surface area contributed by atoms with Crippen molar-refractivity contribution in [3.63, 3.8) is 0 Å². The summed E-state index contributed by atoms with van der Waals surface area (Å²) in [4.78, 5) is 23.1. The maximum Gasteiger partial charge on any atom is 0.407 e. The molecule has 8 heteroatoms.